The van der Waals surface area contributed by atoms with Gasteiger partial charge in [0.2, 0.25) is 11.8 Å². The zero-order valence-electron chi connectivity index (χ0n) is 17.3. The number of hydrogen-bond donors (Lipinski definition) is 1. The number of anilines is 2. The average molecular weight is 400 g/mol. The summed E-state index contributed by atoms with van der Waals surface area (Å²) in [4.78, 5) is 40.9. The summed E-state index contributed by atoms with van der Waals surface area (Å²) in [6.07, 6.45) is 3.04. The van der Waals surface area contributed by atoms with Gasteiger partial charge in [-0.2, -0.15) is 0 Å². The lowest BCUT2D eigenvalue weighted by Crippen LogP contribution is -2.34. The van der Waals surface area contributed by atoms with Crippen LogP contribution in [0.2, 0.25) is 0 Å². The van der Waals surface area contributed by atoms with Gasteiger partial charge in [-0.25, -0.2) is 4.90 Å². The van der Waals surface area contributed by atoms with E-state index >= 15 is 0 Å². The van der Waals surface area contributed by atoms with Crippen molar-refractivity contribution in [2.45, 2.75) is 27.2 Å². The maximum absolute atomic E-state index is 13.3. The summed E-state index contributed by atoms with van der Waals surface area (Å²) in [5.74, 6) is -0.963. The zero-order chi connectivity index (χ0) is 21.2. The minimum absolute atomic E-state index is 0.137. The molecule has 2 aromatic carbocycles. The van der Waals surface area contributed by atoms with Crippen LogP contribution < -0.4 is 10.2 Å². The third-order valence-corrected chi connectivity index (χ3v) is 6.75. The third kappa shape index (κ3) is 2.72. The number of aryl methyl sites for hydroxylation is 2. The van der Waals surface area contributed by atoms with Gasteiger partial charge in [0.15, 0.2) is 0 Å². The van der Waals surface area contributed by atoms with Crippen LogP contribution in [0.1, 0.15) is 34.8 Å². The van der Waals surface area contributed by atoms with Gasteiger partial charge in [0.1, 0.15) is 0 Å². The molecule has 5 nitrogen and oxygen atoms in total. The number of benzene rings is 2. The largest absolute Gasteiger partial charge is 0.322 e. The summed E-state index contributed by atoms with van der Waals surface area (Å²) in [6.45, 7) is 6.00. The molecule has 0 unspecified atom stereocenters. The van der Waals surface area contributed by atoms with Crippen molar-refractivity contribution in [3.63, 3.8) is 0 Å². The molecule has 2 aromatic rings. The van der Waals surface area contributed by atoms with Crippen molar-refractivity contribution in [2.75, 3.05) is 10.2 Å². The molecule has 1 saturated carbocycles. The predicted molar refractivity (Wildman–Crippen MR) is 115 cm³/mol. The van der Waals surface area contributed by atoms with Crippen molar-refractivity contribution in [1.29, 1.82) is 0 Å². The fraction of sp³-hybridized carbons (Fsp3) is 0.320. The first-order chi connectivity index (χ1) is 14.3. The molecule has 5 rings (SSSR count). The molecule has 1 saturated heterocycles. The van der Waals surface area contributed by atoms with Crippen molar-refractivity contribution < 1.29 is 14.4 Å². The first-order valence-electron chi connectivity index (χ1n) is 10.4. The Labute approximate surface area is 175 Å². The maximum atomic E-state index is 13.3. The Morgan fingerprint density at radius 3 is 2.37 bits per heavy atom. The number of rotatable bonds is 3. The van der Waals surface area contributed by atoms with Crippen molar-refractivity contribution >= 4 is 29.1 Å². The van der Waals surface area contributed by atoms with Crippen LogP contribution in [-0.4, -0.2) is 17.7 Å². The van der Waals surface area contributed by atoms with Gasteiger partial charge in [-0.1, -0.05) is 29.8 Å². The van der Waals surface area contributed by atoms with Gasteiger partial charge in [-0.15, -0.1) is 0 Å². The Morgan fingerprint density at radius 1 is 0.967 bits per heavy atom. The van der Waals surface area contributed by atoms with E-state index in [4.69, 9.17) is 0 Å². The van der Waals surface area contributed by atoms with Crippen LogP contribution >= 0.6 is 0 Å². The third-order valence-electron chi connectivity index (χ3n) is 6.75. The van der Waals surface area contributed by atoms with Crippen molar-refractivity contribution in [1.82, 2.24) is 0 Å². The summed E-state index contributed by atoms with van der Waals surface area (Å²) in [5.41, 5.74) is 4.71. The van der Waals surface area contributed by atoms with Crippen LogP contribution in [0.3, 0.4) is 0 Å². The fourth-order valence-electron chi connectivity index (χ4n) is 5.62. The van der Waals surface area contributed by atoms with Crippen LogP contribution in [0.4, 0.5) is 11.4 Å². The Hall–Kier alpha value is -3.21. The highest BCUT2D eigenvalue weighted by Crippen LogP contribution is 2.56. The summed E-state index contributed by atoms with van der Waals surface area (Å²) >= 11 is 0. The monoisotopic (exact) mass is 400 g/mol. The molecule has 0 aromatic heterocycles. The molecule has 2 fully saturated rings. The van der Waals surface area contributed by atoms with Gasteiger partial charge in [0.25, 0.3) is 5.91 Å². The first kappa shape index (κ1) is 18.8. The summed E-state index contributed by atoms with van der Waals surface area (Å²) in [5, 5.41) is 2.92. The quantitative estimate of drug-likeness (QED) is 0.618. The molecule has 0 spiro atoms. The van der Waals surface area contributed by atoms with Crippen LogP contribution in [-0.2, 0) is 9.59 Å². The summed E-state index contributed by atoms with van der Waals surface area (Å²) < 4.78 is 0. The SMILES string of the molecule is CC1=C[C@H]2C[C@H]1[C@@H]1C(=O)N(c3ccccc3C(=O)Nc3cc(C)cc(C)c3)C(=O)[C@H]12. The van der Waals surface area contributed by atoms with Gasteiger partial charge >= 0.3 is 0 Å². The topological polar surface area (TPSA) is 66.5 Å². The van der Waals surface area contributed by atoms with Crippen molar-refractivity contribution in [3.8, 4) is 0 Å². The van der Waals surface area contributed by atoms with E-state index in [-0.39, 0.29) is 41.4 Å². The fourth-order valence-corrected chi connectivity index (χ4v) is 5.62. The molecule has 152 valence electrons. The molecule has 0 radical (unpaired) electrons. The Kier molecular flexibility index (Phi) is 4.17. The van der Waals surface area contributed by atoms with E-state index in [1.54, 1.807) is 24.3 Å². The normalized spacial score (nSPS) is 26.8. The highest BCUT2D eigenvalue weighted by molar-refractivity contribution is 6.25. The van der Waals surface area contributed by atoms with E-state index < -0.39 is 0 Å². The van der Waals surface area contributed by atoms with Crippen molar-refractivity contribution in [3.05, 3.63) is 70.8 Å². The second-order valence-corrected chi connectivity index (χ2v) is 8.83. The molecule has 5 heteroatoms. The van der Waals surface area contributed by atoms with Gasteiger partial charge in [-0.05, 0) is 74.4 Å². The number of nitrogens with one attached hydrogen (secondary N) is 1. The van der Waals surface area contributed by atoms with E-state index in [9.17, 15) is 14.4 Å². The Morgan fingerprint density at radius 2 is 1.63 bits per heavy atom. The first-order valence-corrected chi connectivity index (χ1v) is 10.4. The predicted octanol–water partition coefficient (Wildman–Crippen LogP) is 4.26. The van der Waals surface area contributed by atoms with E-state index in [0.29, 0.717) is 16.9 Å². The number of imide groups is 1. The van der Waals surface area contributed by atoms with Crippen LogP contribution in [0.15, 0.2) is 54.1 Å². The number of para-hydroxylation sites is 1. The number of hydrogen-bond acceptors (Lipinski definition) is 3. The highest BCUT2D eigenvalue weighted by Gasteiger charge is 2.61. The molecule has 2 bridgehead atoms. The molecular weight excluding hydrogens is 376 g/mol. The minimum atomic E-state index is -0.328. The standard InChI is InChI=1S/C25H24N2O3/c1-13-8-14(2)10-17(9-13)26-23(28)18-6-4-5-7-20(18)27-24(29)21-16-11-15(3)19(12-16)22(21)25(27)30/h4-11,16,19,21-22H,12H2,1-3H3,(H,26,28)/t16-,19+,21-,22-/m0/s1. The van der Waals surface area contributed by atoms with Crippen LogP contribution in [0.25, 0.3) is 0 Å². The maximum Gasteiger partial charge on any atom is 0.257 e. The number of carbonyl (C=O) groups is 3. The van der Waals surface area contributed by atoms with Gasteiger partial charge in [0.05, 0.1) is 23.1 Å². The van der Waals surface area contributed by atoms with E-state index in [0.717, 1.165) is 17.5 Å². The van der Waals surface area contributed by atoms with Crippen molar-refractivity contribution in [2.24, 2.45) is 23.7 Å². The van der Waals surface area contributed by atoms with Gasteiger partial charge in [0, 0.05) is 5.69 Å². The number of nitrogens with zero attached hydrogens (tertiary/aromatic N) is 1. The second-order valence-electron chi connectivity index (χ2n) is 8.83. The smallest absolute Gasteiger partial charge is 0.257 e. The second kappa shape index (κ2) is 6.66. The number of fused-ring (bicyclic) bond motifs is 5. The lowest BCUT2D eigenvalue weighted by atomic mass is 9.82. The molecule has 1 aliphatic heterocycles. The lowest BCUT2D eigenvalue weighted by molar-refractivity contribution is -0.123. The molecule has 30 heavy (non-hydrogen) atoms. The van der Waals surface area contributed by atoms with E-state index in [2.05, 4.69) is 11.4 Å². The Bertz CT molecular complexity index is 1110. The number of amides is 3. The van der Waals surface area contributed by atoms with Crippen LogP contribution in [0.5, 0.6) is 0 Å². The van der Waals surface area contributed by atoms with Gasteiger partial charge < -0.3 is 5.32 Å². The van der Waals surface area contributed by atoms with E-state index in [1.807, 2.05) is 39.0 Å². The lowest BCUT2D eigenvalue weighted by Gasteiger charge is -2.20. The van der Waals surface area contributed by atoms with Crippen LogP contribution in [0, 0.1) is 37.5 Å². The van der Waals surface area contributed by atoms with E-state index in [1.165, 1.54) is 10.5 Å². The summed E-state index contributed by atoms with van der Waals surface area (Å²) in [6, 6.07) is 12.7. The van der Waals surface area contributed by atoms with Gasteiger partial charge in [-0.3, -0.25) is 14.4 Å². The zero-order valence-corrected chi connectivity index (χ0v) is 17.3. The molecule has 1 N–H and O–H groups in total. The molecule has 3 amide bonds. The number of allylic oxidation sites excluding steroid dienone is 2. The molecule has 3 aliphatic rings. The number of carbonyl (C=O) groups excluding carboxylic acids is 3. The highest BCUT2D eigenvalue weighted by atomic mass is 16.2. The summed E-state index contributed by atoms with van der Waals surface area (Å²) in [7, 11) is 0. The molecule has 1 heterocycles. The molecular formula is C25H24N2O3. The average Bonchev–Trinajstić information content (AvgIpc) is 3.31. The Balaban J connectivity index is 1.48. The molecule has 2 aliphatic carbocycles. The minimum Gasteiger partial charge on any atom is -0.322 e. The molecule has 4 atom stereocenters.